The lowest BCUT2D eigenvalue weighted by Crippen LogP contribution is -2.28. The van der Waals surface area contributed by atoms with Crippen molar-refractivity contribution in [3.63, 3.8) is 0 Å². The quantitative estimate of drug-likeness (QED) is 0.895. The van der Waals surface area contributed by atoms with Crippen molar-refractivity contribution in [3.8, 4) is 0 Å². The number of rotatable bonds is 4. The number of aromatic nitrogens is 1. The molecule has 0 spiro atoms. The van der Waals surface area contributed by atoms with Crippen LogP contribution >= 0.6 is 0 Å². The van der Waals surface area contributed by atoms with Crippen molar-refractivity contribution in [1.29, 1.82) is 0 Å². The van der Waals surface area contributed by atoms with Crippen LogP contribution < -0.4 is 5.32 Å². The summed E-state index contributed by atoms with van der Waals surface area (Å²) >= 11 is 0. The molecule has 18 heavy (non-hydrogen) atoms. The number of para-hydroxylation sites is 1. The fraction of sp³-hybridized carbons (Fsp3) is 0.333. The second-order valence-corrected chi connectivity index (χ2v) is 4.87. The molecule has 94 valence electrons. The molecule has 3 nitrogen and oxygen atoms in total. The lowest BCUT2D eigenvalue weighted by molar-refractivity contribution is -0.120. The van der Waals surface area contributed by atoms with E-state index in [-0.39, 0.29) is 5.91 Å². The molecule has 0 unspecified atom stereocenters. The Morgan fingerprint density at radius 1 is 1.22 bits per heavy atom. The van der Waals surface area contributed by atoms with Crippen molar-refractivity contribution in [2.24, 2.45) is 5.92 Å². The molecule has 1 aromatic carbocycles. The van der Waals surface area contributed by atoms with E-state index in [9.17, 15) is 4.79 Å². The number of pyridine rings is 1. The predicted octanol–water partition coefficient (Wildman–Crippen LogP) is 2.55. The Labute approximate surface area is 107 Å². The van der Waals surface area contributed by atoms with Crippen molar-refractivity contribution in [2.45, 2.75) is 20.3 Å². The van der Waals surface area contributed by atoms with E-state index in [1.54, 1.807) is 0 Å². The summed E-state index contributed by atoms with van der Waals surface area (Å²) in [6.45, 7) is 4.87. The van der Waals surface area contributed by atoms with Gasteiger partial charge in [-0.15, -0.1) is 0 Å². The summed E-state index contributed by atoms with van der Waals surface area (Å²) in [5.41, 5.74) is 1.75. The Hall–Kier alpha value is -1.90. The minimum Gasteiger partial charge on any atom is -0.356 e. The maximum absolute atomic E-state index is 11.7. The molecule has 0 aliphatic rings. The summed E-state index contributed by atoms with van der Waals surface area (Å²) in [5, 5.41) is 4.00. The molecule has 2 rings (SSSR count). The fourth-order valence-corrected chi connectivity index (χ4v) is 1.75. The number of hydrogen-bond acceptors (Lipinski definition) is 2. The first-order valence-electron chi connectivity index (χ1n) is 6.26. The van der Waals surface area contributed by atoms with E-state index >= 15 is 0 Å². The van der Waals surface area contributed by atoms with Crippen LogP contribution in [0.15, 0.2) is 36.4 Å². The van der Waals surface area contributed by atoms with Crippen LogP contribution in [-0.4, -0.2) is 17.4 Å². The van der Waals surface area contributed by atoms with Gasteiger partial charge in [0.2, 0.25) is 5.91 Å². The van der Waals surface area contributed by atoms with E-state index < -0.39 is 0 Å². The van der Waals surface area contributed by atoms with Gasteiger partial charge in [-0.2, -0.15) is 0 Å². The Morgan fingerprint density at radius 2 is 2.00 bits per heavy atom. The minimum atomic E-state index is 0.0338. The number of carbonyl (C=O) groups is 1. The van der Waals surface area contributed by atoms with Crippen molar-refractivity contribution in [3.05, 3.63) is 42.1 Å². The maximum Gasteiger partial charge on any atom is 0.226 e. The summed E-state index contributed by atoms with van der Waals surface area (Å²) in [6, 6.07) is 11.8. The summed E-state index contributed by atoms with van der Waals surface area (Å²) in [4.78, 5) is 16.2. The molecule has 0 saturated carbocycles. The molecule has 0 aliphatic carbocycles. The molecule has 0 saturated heterocycles. The van der Waals surface area contributed by atoms with Gasteiger partial charge in [0.1, 0.15) is 0 Å². The molecule has 3 heteroatoms. The third-order valence-electron chi connectivity index (χ3n) is 2.71. The second kappa shape index (κ2) is 5.63. The number of nitrogens with one attached hydrogen (secondary N) is 1. The molecule has 0 bridgehead atoms. The van der Waals surface area contributed by atoms with Gasteiger partial charge < -0.3 is 5.32 Å². The van der Waals surface area contributed by atoms with Gasteiger partial charge in [-0.25, -0.2) is 0 Å². The van der Waals surface area contributed by atoms with E-state index in [1.165, 1.54) is 0 Å². The number of hydrogen-bond donors (Lipinski definition) is 1. The molecule has 0 atom stereocenters. The van der Waals surface area contributed by atoms with Gasteiger partial charge in [0.05, 0.1) is 17.6 Å². The maximum atomic E-state index is 11.7. The molecule has 1 aromatic heterocycles. The highest BCUT2D eigenvalue weighted by Gasteiger charge is 2.05. The van der Waals surface area contributed by atoms with Crippen LogP contribution in [0, 0.1) is 5.92 Å². The molecule has 1 N–H and O–H groups in total. The van der Waals surface area contributed by atoms with Gasteiger partial charge in [0.15, 0.2) is 0 Å². The zero-order valence-electron chi connectivity index (χ0n) is 10.8. The van der Waals surface area contributed by atoms with Crippen molar-refractivity contribution in [1.82, 2.24) is 10.3 Å². The predicted molar refractivity (Wildman–Crippen MR) is 73.3 cm³/mol. The highest BCUT2D eigenvalue weighted by atomic mass is 16.1. The third-order valence-corrected chi connectivity index (χ3v) is 2.71. The van der Waals surface area contributed by atoms with Crippen LogP contribution in [0.5, 0.6) is 0 Å². The fourth-order valence-electron chi connectivity index (χ4n) is 1.75. The average Bonchev–Trinajstić information content (AvgIpc) is 2.36. The summed E-state index contributed by atoms with van der Waals surface area (Å²) in [6.07, 6.45) is 0.345. The molecular formula is C15H18N2O. The van der Waals surface area contributed by atoms with Crippen molar-refractivity contribution in [2.75, 3.05) is 6.54 Å². The van der Waals surface area contributed by atoms with Gasteiger partial charge in [0, 0.05) is 11.9 Å². The Morgan fingerprint density at radius 3 is 2.78 bits per heavy atom. The van der Waals surface area contributed by atoms with Crippen LogP contribution in [0.3, 0.4) is 0 Å². The average molecular weight is 242 g/mol. The molecule has 1 heterocycles. The first-order valence-corrected chi connectivity index (χ1v) is 6.26. The topological polar surface area (TPSA) is 42.0 Å². The van der Waals surface area contributed by atoms with E-state index in [4.69, 9.17) is 0 Å². The summed E-state index contributed by atoms with van der Waals surface area (Å²) in [5.74, 6) is 0.505. The normalized spacial score (nSPS) is 10.8. The lowest BCUT2D eigenvalue weighted by atomic mass is 10.1. The Bertz CT molecular complexity index is 549. The largest absolute Gasteiger partial charge is 0.356 e. The molecule has 0 aliphatic heterocycles. The van der Waals surface area contributed by atoms with Crippen LogP contribution in [0.25, 0.3) is 10.9 Å². The zero-order valence-corrected chi connectivity index (χ0v) is 10.8. The van der Waals surface area contributed by atoms with Crippen molar-refractivity contribution < 1.29 is 4.79 Å². The first-order chi connectivity index (χ1) is 8.65. The second-order valence-electron chi connectivity index (χ2n) is 4.87. The number of amides is 1. The number of nitrogens with zero attached hydrogens (tertiary/aromatic N) is 1. The van der Waals surface area contributed by atoms with E-state index in [1.807, 2.05) is 36.4 Å². The van der Waals surface area contributed by atoms with Gasteiger partial charge in [0.25, 0.3) is 0 Å². The number of fused-ring (bicyclic) bond motifs is 1. The van der Waals surface area contributed by atoms with E-state index in [0.717, 1.165) is 16.6 Å². The molecule has 2 aromatic rings. The Kier molecular flexibility index (Phi) is 3.92. The zero-order chi connectivity index (χ0) is 13.0. The number of carbonyl (C=O) groups excluding carboxylic acids is 1. The monoisotopic (exact) mass is 242 g/mol. The summed E-state index contributed by atoms with van der Waals surface area (Å²) < 4.78 is 0. The first kappa shape index (κ1) is 12.6. The van der Waals surface area contributed by atoms with Crippen molar-refractivity contribution >= 4 is 16.8 Å². The molecule has 0 fully saturated rings. The van der Waals surface area contributed by atoms with Gasteiger partial charge in [-0.1, -0.05) is 38.1 Å². The third kappa shape index (κ3) is 3.29. The standard InChI is InChI=1S/C15H18N2O/c1-11(2)10-16-15(18)9-13-8-7-12-5-3-4-6-14(12)17-13/h3-8,11H,9-10H2,1-2H3,(H,16,18). The van der Waals surface area contributed by atoms with Gasteiger partial charge >= 0.3 is 0 Å². The number of benzene rings is 1. The SMILES string of the molecule is CC(C)CNC(=O)Cc1ccc2ccccc2n1. The lowest BCUT2D eigenvalue weighted by Gasteiger charge is -2.07. The smallest absolute Gasteiger partial charge is 0.226 e. The Balaban J connectivity index is 2.05. The molecule has 0 radical (unpaired) electrons. The highest BCUT2D eigenvalue weighted by molar-refractivity contribution is 5.81. The minimum absolute atomic E-state index is 0.0338. The van der Waals surface area contributed by atoms with Crippen LogP contribution in [0.4, 0.5) is 0 Å². The molecular weight excluding hydrogens is 224 g/mol. The highest BCUT2D eigenvalue weighted by Crippen LogP contribution is 2.11. The van der Waals surface area contributed by atoms with Gasteiger partial charge in [-0.05, 0) is 18.1 Å². The van der Waals surface area contributed by atoms with Crippen LogP contribution in [0.2, 0.25) is 0 Å². The van der Waals surface area contributed by atoms with E-state index in [2.05, 4.69) is 24.1 Å². The van der Waals surface area contributed by atoms with Gasteiger partial charge in [-0.3, -0.25) is 9.78 Å². The van der Waals surface area contributed by atoms with Crippen LogP contribution in [0.1, 0.15) is 19.5 Å². The summed E-state index contributed by atoms with van der Waals surface area (Å²) in [7, 11) is 0. The molecule has 1 amide bonds. The van der Waals surface area contributed by atoms with Crippen LogP contribution in [-0.2, 0) is 11.2 Å². The van der Waals surface area contributed by atoms with E-state index in [0.29, 0.717) is 18.9 Å².